The highest BCUT2D eigenvalue weighted by Crippen LogP contribution is 2.31. The Morgan fingerprint density at radius 2 is 1.81 bits per heavy atom. The van der Waals surface area contributed by atoms with Crippen molar-refractivity contribution in [1.29, 1.82) is 0 Å². The number of benzene rings is 2. The van der Waals surface area contributed by atoms with Gasteiger partial charge in [0.2, 0.25) is 0 Å². The van der Waals surface area contributed by atoms with Crippen LogP contribution >= 0.6 is 23.2 Å². The van der Waals surface area contributed by atoms with Crippen molar-refractivity contribution in [2.75, 3.05) is 43.5 Å². The molecule has 1 aromatic heterocycles. The van der Waals surface area contributed by atoms with Gasteiger partial charge in [-0.1, -0.05) is 23.2 Å². The minimum absolute atomic E-state index is 0.116. The van der Waals surface area contributed by atoms with Crippen LogP contribution in [0.1, 0.15) is 20.9 Å². The van der Waals surface area contributed by atoms with E-state index in [0.717, 1.165) is 5.69 Å². The van der Waals surface area contributed by atoms with E-state index in [9.17, 15) is 9.59 Å². The molecule has 1 N–H and O–H groups in total. The summed E-state index contributed by atoms with van der Waals surface area (Å²) in [6.07, 6.45) is 1.49. The first-order valence-corrected chi connectivity index (χ1v) is 10.7. The van der Waals surface area contributed by atoms with Crippen LogP contribution in [-0.4, -0.2) is 50.0 Å². The third kappa shape index (κ3) is 4.69. The van der Waals surface area contributed by atoms with Gasteiger partial charge in [0.25, 0.3) is 11.8 Å². The molecule has 9 heteroatoms. The Labute approximate surface area is 195 Å². The monoisotopic (exact) mass is 473 g/mol. The lowest BCUT2D eigenvalue weighted by Crippen LogP contribution is -2.48. The summed E-state index contributed by atoms with van der Waals surface area (Å²) in [6, 6.07) is 13.6. The van der Waals surface area contributed by atoms with Crippen LogP contribution < -0.4 is 15.0 Å². The van der Waals surface area contributed by atoms with E-state index in [1.165, 1.54) is 13.4 Å². The number of carbonyl (C=O) groups excluding carboxylic acids is 2. The fraction of sp³-hybridized carbons (Fsp3) is 0.217. The van der Waals surface area contributed by atoms with Gasteiger partial charge in [-0.15, -0.1) is 0 Å². The number of piperazine rings is 1. The highest BCUT2D eigenvalue weighted by atomic mass is 35.5. The van der Waals surface area contributed by atoms with Crippen molar-refractivity contribution >= 4 is 46.4 Å². The van der Waals surface area contributed by atoms with Gasteiger partial charge in [-0.05, 0) is 48.5 Å². The van der Waals surface area contributed by atoms with Gasteiger partial charge in [0.1, 0.15) is 5.75 Å². The number of rotatable bonds is 5. The number of furan rings is 1. The van der Waals surface area contributed by atoms with E-state index in [1.54, 1.807) is 47.4 Å². The van der Waals surface area contributed by atoms with Gasteiger partial charge in [0, 0.05) is 36.9 Å². The van der Waals surface area contributed by atoms with E-state index < -0.39 is 0 Å². The normalized spacial score (nSPS) is 13.7. The van der Waals surface area contributed by atoms with Crippen molar-refractivity contribution in [3.05, 3.63) is 76.2 Å². The van der Waals surface area contributed by atoms with Crippen molar-refractivity contribution in [1.82, 2.24) is 4.90 Å². The summed E-state index contributed by atoms with van der Waals surface area (Å²) in [6.45, 7) is 2.39. The molecule has 2 heterocycles. The van der Waals surface area contributed by atoms with Gasteiger partial charge in [0.15, 0.2) is 5.76 Å². The second kappa shape index (κ2) is 9.54. The molecule has 0 aliphatic carbocycles. The van der Waals surface area contributed by atoms with E-state index in [0.29, 0.717) is 59.0 Å². The zero-order chi connectivity index (χ0) is 22.7. The van der Waals surface area contributed by atoms with Crippen molar-refractivity contribution in [3.63, 3.8) is 0 Å². The summed E-state index contributed by atoms with van der Waals surface area (Å²) < 4.78 is 10.4. The summed E-state index contributed by atoms with van der Waals surface area (Å²) in [4.78, 5) is 29.0. The molecule has 32 heavy (non-hydrogen) atoms. The number of amides is 2. The molecule has 1 fully saturated rings. The van der Waals surface area contributed by atoms with Crippen LogP contribution in [0.2, 0.25) is 10.0 Å². The van der Waals surface area contributed by atoms with Gasteiger partial charge in [0.05, 0.1) is 29.6 Å². The average Bonchev–Trinajstić information content (AvgIpc) is 3.34. The molecule has 1 aliphatic heterocycles. The van der Waals surface area contributed by atoms with E-state index in [4.69, 9.17) is 32.4 Å². The molecule has 3 aromatic rings. The highest BCUT2D eigenvalue weighted by molar-refractivity contribution is 6.33. The number of hydrogen-bond acceptors (Lipinski definition) is 5. The molecule has 0 unspecified atom stereocenters. The Kier molecular flexibility index (Phi) is 6.58. The standard InChI is InChI=1S/C23H21Cl2N3O4/c1-31-20-7-4-15(24)13-17(20)22(29)26-16-5-6-19(18(25)14-16)27-8-10-28(11-9-27)23(30)21-3-2-12-32-21/h2-7,12-14H,8-11H2,1H3,(H,26,29). The fourth-order valence-electron chi connectivity index (χ4n) is 3.60. The van der Waals surface area contributed by atoms with Crippen molar-refractivity contribution in [3.8, 4) is 5.75 Å². The molecule has 0 spiro atoms. The third-order valence-electron chi connectivity index (χ3n) is 5.25. The van der Waals surface area contributed by atoms with Crippen LogP contribution in [0.15, 0.2) is 59.2 Å². The summed E-state index contributed by atoms with van der Waals surface area (Å²) in [5.74, 6) is 0.304. The molecule has 2 amide bonds. The molecule has 1 saturated heterocycles. The number of nitrogens with zero attached hydrogens (tertiary/aromatic N) is 2. The molecular weight excluding hydrogens is 453 g/mol. The molecule has 7 nitrogen and oxygen atoms in total. The maximum atomic E-state index is 12.7. The Morgan fingerprint density at radius 1 is 1.03 bits per heavy atom. The maximum absolute atomic E-state index is 12.7. The average molecular weight is 474 g/mol. The zero-order valence-corrected chi connectivity index (χ0v) is 18.8. The first-order valence-electron chi connectivity index (χ1n) is 9.98. The number of methoxy groups -OCH3 is 1. The van der Waals surface area contributed by atoms with Crippen molar-refractivity contribution in [2.45, 2.75) is 0 Å². The molecule has 0 radical (unpaired) electrons. The number of halogens is 2. The quantitative estimate of drug-likeness (QED) is 0.575. The fourth-order valence-corrected chi connectivity index (χ4v) is 4.08. The summed E-state index contributed by atoms with van der Waals surface area (Å²) in [5.41, 5.74) is 1.73. The van der Waals surface area contributed by atoms with Crippen LogP contribution in [0, 0.1) is 0 Å². The van der Waals surface area contributed by atoms with E-state index in [-0.39, 0.29) is 11.8 Å². The molecule has 2 aromatic carbocycles. The van der Waals surface area contributed by atoms with E-state index in [2.05, 4.69) is 10.2 Å². The predicted octanol–water partition coefficient (Wildman–Crippen LogP) is 4.81. The predicted molar refractivity (Wildman–Crippen MR) is 124 cm³/mol. The van der Waals surface area contributed by atoms with Gasteiger partial charge >= 0.3 is 0 Å². The SMILES string of the molecule is COc1ccc(Cl)cc1C(=O)Nc1ccc(N2CCN(C(=O)c3ccco3)CC2)c(Cl)c1. The minimum Gasteiger partial charge on any atom is -0.496 e. The Hall–Kier alpha value is -3.16. The number of carbonyl (C=O) groups is 2. The van der Waals surface area contributed by atoms with Crippen LogP contribution in [0.25, 0.3) is 0 Å². The number of nitrogens with one attached hydrogen (secondary N) is 1. The van der Waals surface area contributed by atoms with Crippen LogP contribution in [0.5, 0.6) is 5.75 Å². The first kappa shape index (κ1) is 22.0. The Balaban J connectivity index is 1.41. The van der Waals surface area contributed by atoms with Gasteiger partial charge in [-0.2, -0.15) is 0 Å². The van der Waals surface area contributed by atoms with Crippen molar-refractivity contribution in [2.24, 2.45) is 0 Å². The first-order chi connectivity index (χ1) is 15.5. The molecule has 166 valence electrons. The second-order valence-electron chi connectivity index (χ2n) is 7.22. The molecule has 0 atom stereocenters. The van der Waals surface area contributed by atoms with Crippen LogP contribution in [-0.2, 0) is 0 Å². The Bertz CT molecular complexity index is 1130. The number of ether oxygens (including phenoxy) is 1. The number of hydrogen-bond donors (Lipinski definition) is 1. The van der Waals surface area contributed by atoms with E-state index >= 15 is 0 Å². The largest absolute Gasteiger partial charge is 0.496 e. The van der Waals surface area contributed by atoms with Gasteiger partial charge < -0.3 is 24.3 Å². The zero-order valence-electron chi connectivity index (χ0n) is 17.3. The summed E-state index contributed by atoms with van der Waals surface area (Å²) in [5, 5.41) is 3.77. The lowest BCUT2D eigenvalue weighted by atomic mass is 10.1. The topological polar surface area (TPSA) is 75.0 Å². The molecular formula is C23H21Cl2N3O4. The van der Waals surface area contributed by atoms with E-state index in [1.807, 2.05) is 6.07 Å². The minimum atomic E-state index is -0.349. The van der Waals surface area contributed by atoms with Crippen molar-refractivity contribution < 1.29 is 18.7 Å². The summed E-state index contributed by atoms with van der Waals surface area (Å²) in [7, 11) is 1.49. The molecule has 0 bridgehead atoms. The smallest absolute Gasteiger partial charge is 0.289 e. The van der Waals surface area contributed by atoms with Gasteiger partial charge in [-0.3, -0.25) is 9.59 Å². The highest BCUT2D eigenvalue weighted by Gasteiger charge is 2.25. The van der Waals surface area contributed by atoms with Gasteiger partial charge in [-0.25, -0.2) is 0 Å². The van der Waals surface area contributed by atoms with Crippen LogP contribution in [0.3, 0.4) is 0 Å². The molecule has 4 rings (SSSR count). The van der Waals surface area contributed by atoms with Crippen LogP contribution in [0.4, 0.5) is 11.4 Å². The number of anilines is 2. The third-order valence-corrected chi connectivity index (χ3v) is 5.79. The second-order valence-corrected chi connectivity index (χ2v) is 8.07. The summed E-state index contributed by atoms with van der Waals surface area (Å²) >= 11 is 12.5. The molecule has 1 aliphatic rings. The molecule has 0 saturated carbocycles. The Morgan fingerprint density at radius 3 is 2.47 bits per heavy atom. The maximum Gasteiger partial charge on any atom is 0.289 e. The lowest BCUT2D eigenvalue weighted by Gasteiger charge is -2.36. The lowest BCUT2D eigenvalue weighted by molar-refractivity contribution is 0.0714.